The van der Waals surface area contributed by atoms with E-state index in [4.69, 9.17) is 14.7 Å². The van der Waals surface area contributed by atoms with E-state index in [1.54, 1.807) is 0 Å². The van der Waals surface area contributed by atoms with Crippen molar-refractivity contribution in [2.24, 2.45) is 7.05 Å². The van der Waals surface area contributed by atoms with Gasteiger partial charge in [0, 0.05) is 56.0 Å². The lowest BCUT2D eigenvalue weighted by Gasteiger charge is -2.41. The normalized spacial score (nSPS) is 13.7. The van der Waals surface area contributed by atoms with Crippen LogP contribution in [0.25, 0.3) is 42.6 Å². The molecule has 0 spiro atoms. The second-order valence-corrected chi connectivity index (χ2v) is 13.4. The molecule has 0 saturated heterocycles. The number of benzene rings is 5. The van der Waals surface area contributed by atoms with Crippen molar-refractivity contribution < 1.29 is 4.74 Å². The van der Waals surface area contributed by atoms with Crippen molar-refractivity contribution in [3.63, 3.8) is 0 Å². The Balaban J connectivity index is 1.17. The van der Waals surface area contributed by atoms with Gasteiger partial charge in [-0.05, 0) is 60.2 Å². The number of aromatic nitrogens is 3. The minimum atomic E-state index is -0.255. The lowest BCUT2D eigenvalue weighted by Crippen LogP contribution is -2.31. The summed E-state index contributed by atoms with van der Waals surface area (Å²) in [4.78, 5) is 12.0. The molecule has 3 aromatic heterocycles. The summed E-state index contributed by atoms with van der Waals surface area (Å²) >= 11 is 1.88. The van der Waals surface area contributed by atoms with E-state index in [0.29, 0.717) is 0 Å². The first kappa shape index (κ1) is 26.9. The van der Waals surface area contributed by atoms with Crippen LogP contribution >= 0.6 is 11.3 Å². The number of anilines is 3. The molecule has 0 unspecified atom stereocenters. The Bertz CT molecular complexity index is 2460. The van der Waals surface area contributed by atoms with Crippen LogP contribution in [0.5, 0.6) is 11.5 Å². The third-order valence-corrected chi connectivity index (χ3v) is 10.5. The van der Waals surface area contributed by atoms with Crippen LogP contribution in [-0.4, -0.2) is 14.5 Å². The minimum Gasteiger partial charge on any atom is -0.457 e. The van der Waals surface area contributed by atoms with Crippen LogP contribution in [0.1, 0.15) is 25.0 Å². The number of rotatable bonds is 4. The number of thiophene rings is 1. The molecule has 0 aliphatic carbocycles. The molecule has 222 valence electrons. The van der Waals surface area contributed by atoms with Crippen LogP contribution in [0, 0.1) is 0 Å². The van der Waals surface area contributed by atoms with E-state index in [-0.39, 0.29) is 5.41 Å². The summed E-state index contributed by atoms with van der Waals surface area (Å²) in [5, 5.41) is 2.61. The number of imidazole rings is 1. The van der Waals surface area contributed by atoms with Gasteiger partial charge in [0.2, 0.25) is 0 Å². The zero-order valence-corrected chi connectivity index (χ0v) is 26.5. The SMILES string of the molecule is Cn1c(-c2cccc(Oc3ccc4c(c3)N(c3ccccn3)c3ccc5c(sc6ccccc65)c3C4(C)C)c2)nc2ccccc21. The zero-order valence-electron chi connectivity index (χ0n) is 25.7. The number of para-hydroxylation sites is 2. The predicted octanol–water partition coefficient (Wildman–Crippen LogP) is 10.9. The van der Waals surface area contributed by atoms with Gasteiger partial charge in [0.05, 0.1) is 22.4 Å². The van der Waals surface area contributed by atoms with Crippen LogP contribution in [0.2, 0.25) is 0 Å². The molecule has 8 aromatic rings. The van der Waals surface area contributed by atoms with E-state index in [1.165, 1.54) is 31.3 Å². The van der Waals surface area contributed by atoms with Crippen molar-refractivity contribution in [2.45, 2.75) is 19.3 Å². The smallest absolute Gasteiger partial charge is 0.140 e. The van der Waals surface area contributed by atoms with Crippen molar-refractivity contribution in [2.75, 3.05) is 4.90 Å². The molecular formula is C40H30N4OS. The molecule has 5 nitrogen and oxygen atoms in total. The van der Waals surface area contributed by atoms with Crippen molar-refractivity contribution in [1.29, 1.82) is 0 Å². The lowest BCUT2D eigenvalue weighted by atomic mass is 9.73. The fourth-order valence-corrected chi connectivity index (χ4v) is 8.50. The Labute approximate surface area is 271 Å². The summed E-state index contributed by atoms with van der Waals surface area (Å²) < 4.78 is 11.4. The Hall–Kier alpha value is -5.46. The fourth-order valence-electron chi connectivity index (χ4n) is 7.09. The van der Waals surface area contributed by atoms with Crippen molar-refractivity contribution >= 4 is 59.7 Å². The maximum absolute atomic E-state index is 6.59. The van der Waals surface area contributed by atoms with Crippen LogP contribution in [0.15, 0.2) is 128 Å². The highest BCUT2D eigenvalue weighted by molar-refractivity contribution is 7.26. The number of hydrogen-bond donors (Lipinski definition) is 0. The number of ether oxygens (including phenoxy) is 1. The summed E-state index contributed by atoms with van der Waals surface area (Å²) in [6, 6.07) is 42.2. The maximum atomic E-state index is 6.59. The average molecular weight is 615 g/mol. The second-order valence-electron chi connectivity index (χ2n) is 12.4. The molecule has 1 aliphatic heterocycles. The first-order valence-electron chi connectivity index (χ1n) is 15.5. The third kappa shape index (κ3) is 4.00. The summed E-state index contributed by atoms with van der Waals surface area (Å²) in [7, 11) is 2.06. The number of fused-ring (bicyclic) bond motifs is 7. The van der Waals surface area contributed by atoms with Crippen molar-refractivity contribution in [1.82, 2.24) is 14.5 Å². The van der Waals surface area contributed by atoms with Crippen LogP contribution in [0.3, 0.4) is 0 Å². The van der Waals surface area contributed by atoms with Crippen LogP contribution in [0.4, 0.5) is 17.2 Å². The quantitative estimate of drug-likeness (QED) is 0.198. The molecule has 0 atom stereocenters. The second kappa shape index (κ2) is 10.0. The maximum Gasteiger partial charge on any atom is 0.140 e. The summed E-state index contributed by atoms with van der Waals surface area (Å²) in [6.45, 7) is 4.68. The van der Waals surface area contributed by atoms with E-state index < -0.39 is 0 Å². The highest BCUT2D eigenvalue weighted by Crippen LogP contribution is 2.56. The molecule has 0 bridgehead atoms. The highest BCUT2D eigenvalue weighted by atomic mass is 32.1. The van der Waals surface area contributed by atoms with Gasteiger partial charge < -0.3 is 9.30 Å². The minimum absolute atomic E-state index is 0.255. The van der Waals surface area contributed by atoms with E-state index in [1.807, 2.05) is 60.0 Å². The monoisotopic (exact) mass is 614 g/mol. The van der Waals surface area contributed by atoms with Gasteiger partial charge in [0.15, 0.2) is 0 Å². The van der Waals surface area contributed by atoms with Crippen molar-refractivity contribution in [3.05, 3.63) is 139 Å². The molecule has 0 amide bonds. The standard InChI is InChI=1S/C40H30N4OS/c1-40(2)30-20-18-27(45-26-12-10-11-25(23-26)39-42-31-14-5-6-15-32(31)43(39)3)24-34(30)44(36-17-8-9-22-41-36)33-21-19-29-28-13-4-7-16-35(28)46-38(29)37(33)40/h4-24H,1-3H3. The Morgan fingerprint density at radius 2 is 1.54 bits per heavy atom. The van der Waals surface area contributed by atoms with Gasteiger partial charge in [-0.3, -0.25) is 4.90 Å². The number of pyridine rings is 1. The summed E-state index contributed by atoms with van der Waals surface area (Å²) in [6.07, 6.45) is 1.86. The largest absolute Gasteiger partial charge is 0.457 e. The Kier molecular flexibility index (Phi) is 5.86. The zero-order chi connectivity index (χ0) is 31.0. The molecular weight excluding hydrogens is 585 g/mol. The molecule has 4 heterocycles. The third-order valence-electron chi connectivity index (χ3n) is 9.27. The molecule has 5 aromatic carbocycles. The number of nitrogens with zero attached hydrogens (tertiary/aromatic N) is 4. The molecule has 9 rings (SSSR count). The van der Waals surface area contributed by atoms with E-state index in [2.05, 4.69) is 109 Å². The fraction of sp³-hybridized carbons (Fsp3) is 0.100. The molecule has 46 heavy (non-hydrogen) atoms. The van der Waals surface area contributed by atoms with Gasteiger partial charge in [0.1, 0.15) is 23.1 Å². The Morgan fingerprint density at radius 3 is 2.41 bits per heavy atom. The van der Waals surface area contributed by atoms with Gasteiger partial charge in [-0.1, -0.05) is 74.5 Å². The number of hydrogen-bond acceptors (Lipinski definition) is 5. The molecule has 0 saturated carbocycles. The molecule has 0 N–H and O–H groups in total. The van der Waals surface area contributed by atoms with Gasteiger partial charge in [-0.2, -0.15) is 0 Å². The summed E-state index contributed by atoms with van der Waals surface area (Å²) in [5.41, 5.74) is 7.61. The lowest BCUT2D eigenvalue weighted by molar-refractivity contribution is 0.482. The average Bonchev–Trinajstić information content (AvgIpc) is 3.62. The van der Waals surface area contributed by atoms with Crippen LogP contribution in [-0.2, 0) is 12.5 Å². The first-order valence-corrected chi connectivity index (χ1v) is 16.3. The summed E-state index contributed by atoms with van der Waals surface area (Å²) in [5.74, 6) is 3.31. The van der Waals surface area contributed by atoms with E-state index in [9.17, 15) is 0 Å². The Morgan fingerprint density at radius 1 is 0.717 bits per heavy atom. The van der Waals surface area contributed by atoms with Gasteiger partial charge in [-0.15, -0.1) is 11.3 Å². The van der Waals surface area contributed by atoms with Gasteiger partial charge in [0.25, 0.3) is 0 Å². The van der Waals surface area contributed by atoms with Crippen LogP contribution < -0.4 is 9.64 Å². The molecule has 6 heteroatoms. The predicted molar refractivity (Wildman–Crippen MR) is 190 cm³/mol. The van der Waals surface area contributed by atoms with Crippen molar-refractivity contribution in [3.8, 4) is 22.9 Å². The van der Waals surface area contributed by atoms with E-state index in [0.717, 1.165) is 51.1 Å². The molecule has 0 fully saturated rings. The highest BCUT2D eigenvalue weighted by Gasteiger charge is 2.39. The number of aryl methyl sites for hydroxylation is 1. The van der Waals surface area contributed by atoms with E-state index >= 15 is 0 Å². The topological polar surface area (TPSA) is 43.2 Å². The molecule has 0 radical (unpaired) electrons. The van der Waals surface area contributed by atoms with Gasteiger partial charge >= 0.3 is 0 Å². The first-order chi connectivity index (χ1) is 22.5. The van der Waals surface area contributed by atoms with Gasteiger partial charge in [-0.25, -0.2) is 9.97 Å². The molecule has 1 aliphatic rings.